The van der Waals surface area contributed by atoms with Crippen LogP contribution in [-0.4, -0.2) is 54.9 Å². The van der Waals surface area contributed by atoms with Crippen molar-refractivity contribution in [1.82, 2.24) is 15.6 Å². The van der Waals surface area contributed by atoms with Gasteiger partial charge in [-0.05, 0) is 56.7 Å². The summed E-state index contributed by atoms with van der Waals surface area (Å²) in [6.07, 6.45) is -0.529. The highest BCUT2D eigenvalue weighted by Gasteiger charge is 2.20. The fourth-order valence-electron chi connectivity index (χ4n) is 3.49. The number of nitriles is 1. The number of amides is 2. The number of aromatic nitrogens is 1. The Balaban J connectivity index is 1.59. The number of aromatic amines is 1. The summed E-state index contributed by atoms with van der Waals surface area (Å²) in [5.74, 6) is -0.836. The summed E-state index contributed by atoms with van der Waals surface area (Å²) < 4.78 is 24.6. The SMILES string of the molecule is CC(C)(C)OC(=O)NCCOC[C@H](N)CNC(=O)c1[nH]c2ccc(F)cc2c1-c1ccc(C#N)cc1. The van der Waals surface area contributed by atoms with E-state index in [0.29, 0.717) is 27.6 Å². The lowest BCUT2D eigenvalue weighted by Crippen LogP contribution is -2.41. The second-order valence-electron chi connectivity index (χ2n) is 9.23. The van der Waals surface area contributed by atoms with Crippen molar-refractivity contribution in [2.24, 2.45) is 5.73 Å². The van der Waals surface area contributed by atoms with Crippen molar-refractivity contribution in [3.8, 4) is 17.2 Å². The summed E-state index contributed by atoms with van der Waals surface area (Å²) in [6, 6.07) is 12.5. The van der Waals surface area contributed by atoms with E-state index in [1.54, 1.807) is 51.1 Å². The standard InChI is InChI=1S/C26H30FN5O4/c1-26(2,3)36-25(34)30-10-11-35-15-19(29)14-31-24(33)23-22(17-6-4-16(13-28)5-7-17)20-12-18(27)8-9-21(20)32-23/h4-9,12,19,32H,10-11,14-15,29H2,1-3H3,(H,30,34)(H,31,33)/t19-/m1/s1. The number of nitrogens with two attached hydrogens (primary N) is 1. The molecule has 0 saturated heterocycles. The zero-order valence-electron chi connectivity index (χ0n) is 20.5. The Morgan fingerprint density at radius 3 is 2.56 bits per heavy atom. The molecule has 0 saturated carbocycles. The van der Waals surface area contributed by atoms with Gasteiger partial charge in [-0.15, -0.1) is 0 Å². The number of alkyl carbamates (subject to hydrolysis) is 1. The third-order valence-electron chi connectivity index (χ3n) is 5.06. The topological polar surface area (TPSA) is 142 Å². The highest BCUT2D eigenvalue weighted by atomic mass is 19.1. The van der Waals surface area contributed by atoms with Gasteiger partial charge in [0.05, 0.1) is 24.8 Å². The number of benzene rings is 2. The van der Waals surface area contributed by atoms with E-state index in [9.17, 15) is 14.0 Å². The van der Waals surface area contributed by atoms with Gasteiger partial charge in [-0.2, -0.15) is 5.26 Å². The number of hydrogen-bond acceptors (Lipinski definition) is 6. The number of fused-ring (bicyclic) bond motifs is 1. The summed E-state index contributed by atoms with van der Waals surface area (Å²) in [5.41, 5.74) is 8.02. The summed E-state index contributed by atoms with van der Waals surface area (Å²) in [5, 5.41) is 15.0. The largest absolute Gasteiger partial charge is 0.444 e. The summed E-state index contributed by atoms with van der Waals surface area (Å²) in [6.45, 7) is 6.12. The molecule has 3 rings (SSSR count). The zero-order valence-corrected chi connectivity index (χ0v) is 20.5. The van der Waals surface area contributed by atoms with Crippen molar-refractivity contribution in [3.63, 3.8) is 0 Å². The van der Waals surface area contributed by atoms with Crippen LogP contribution in [0.5, 0.6) is 0 Å². The van der Waals surface area contributed by atoms with Crippen molar-refractivity contribution < 1.29 is 23.5 Å². The Hall–Kier alpha value is -3.94. The molecule has 0 aliphatic rings. The van der Waals surface area contributed by atoms with E-state index in [1.807, 2.05) is 0 Å². The first-order valence-corrected chi connectivity index (χ1v) is 11.5. The molecule has 0 aliphatic carbocycles. The molecule has 3 aromatic rings. The molecule has 1 heterocycles. The number of rotatable bonds is 9. The molecule has 0 bridgehead atoms. The van der Waals surface area contributed by atoms with E-state index in [0.717, 1.165) is 0 Å². The molecule has 0 spiro atoms. The van der Waals surface area contributed by atoms with E-state index < -0.39 is 29.5 Å². The minimum absolute atomic E-state index is 0.134. The predicted octanol–water partition coefficient (Wildman–Crippen LogP) is 3.44. The molecule has 0 fully saturated rings. The van der Waals surface area contributed by atoms with Gasteiger partial charge in [-0.3, -0.25) is 4.79 Å². The van der Waals surface area contributed by atoms with Gasteiger partial charge in [-0.1, -0.05) is 12.1 Å². The van der Waals surface area contributed by atoms with Crippen LogP contribution in [0.2, 0.25) is 0 Å². The average molecular weight is 496 g/mol. The molecule has 0 aliphatic heterocycles. The van der Waals surface area contributed by atoms with Crippen LogP contribution in [0.15, 0.2) is 42.5 Å². The minimum atomic E-state index is -0.579. The molecule has 5 N–H and O–H groups in total. The van der Waals surface area contributed by atoms with Gasteiger partial charge in [0.1, 0.15) is 17.1 Å². The Morgan fingerprint density at radius 1 is 1.17 bits per heavy atom. The predicted molar refractivity (Wildman–Crippen MR) is 134 cm³/mol. The number of H-pyrrole nitrogens is 1. The molecule has 2 aromatic carbocycles. The van der Waals surface area contributed by atoms with Gasteiger partial charge in [-0.25, -0.2) is 9.18 Å². The first kappa shape index (κ1) is 26.7. The van der Waals surface area contributed by atoms with Crippen LogP contribution < -0.4 is 16.4 Å². The highest BCUT2D eigenvalue weighted by molar-refractivity contribution is 6.09. The van der Waals surface area contributed by atoms with Crippen LogP contribution in [0, 0.1) is 17.1 Å². The first-order chi connectivity index (χ1) is 17.1. The molecule has 0 radical (unpaired) electrons. The van der Waals surface area contributed by atoms with Crippen molar-refractivity contribution in [1.29, 1.82) is 5.26 Å². The Labute approximate surface area is 208 Å². The maximum atomic E-state index is 14.0. The smallest absolute Gasteiger partial charge is 0.407 e. The monoisotopic (exact) mass is 495 g/mol. The molecule has 36 heavy (non-hydrogen) atoms. The van der Waals surface area contributed by atoms with Crippen LogP contribution in [0.3, 0.4) is 0 Å². The number of ether oxygens (including phenoxy) is 2. The van der Waals surface area contributed by atoms with Gasteiger partial charge < -0.3 is 30.8 Å². The molecule has 190 valence electrons. The lowest BCUT2D eigenvalue weighted by Gasteiger charge is -2.19. The summed E-state index contributed by atoms with van der Waals surface area (Å²) >= 11 is 0. The normalized spacial score (nSPS) is 12.1. The summed E-state index contributed by atoms with van der Waals surface area (Å²) in [4.78, 5) is 27.7. The summed E-state index contributed by atoms with van der Waals surface area (Å²) in [7, 11) is 0. The Kier molecular flexibility index (Phi) is 8.64. The molecular formula is C26H30FN5O4. The molecule has 0 unspecified atom stereocenters. The second-order valence-corrected chi connectivity index (χ2v) is 9.23. The number of carbonyl (C=O) groups excluding carboxylic acids is 2. The van der Waals surface area contributed by atoms with Gasteiger partial charge in [0.25, 0.3) is 5.91 Å². The van der Waals surface area contributed by atoms with E-state index in [2.05, 4.69) is 21.7 Å². The van der Waals surface area contributed by atoms with Crippen LogP contribution in [0.1, 0.15) is 36.8 Å². The molecule has 10 heteroatoms. The van der Waals surface area contributed by atoms with Gasteiger partial charge in [0.2, 0.25) is 0 Å². The van der Waals surface area contributed by atoms with E-state index in [4.69, 9.17) is 20.5 Å². The highest BCUT2D eigenvalue weighted by Crippen LogP contribution is 2.33. The fraction of sp³-hybridized carbons (Fsp3) is 0.346. The van der Waals surface area contributed by atoms with E-state index in [-0.39, 0.29) is 32.0 Å². The Bertz CT molecular complexity index is 1260. The Morgan fingerprint density at radius 2 is 1.89 bits per heavy atom. The van der Waals surface area contributed by atoms with E-state index >= 15 is 0 Å². The van der Waals surface area contributed by atoms with Crippen LogP contribution in [0.25, 0.3) is 22.0 Å². The molecule has 1 aromatic heterocycles. The number of carbonyl (C=O) groups is 2. The van der Waals surface area contributed by atoms with Gasteiger partial charge in [0.15, 0.2) is 0 Å². The molecule has 9 nitrogen and oxygen atoms in total. The third kappa shape index (κ3) is 7.28. The number of nitrogens with zero attached hydrogens (tertiary/aromatic N) is 1. The maximum absolute atomic E-state index is 14.0. The number of nitrogens with one attached hydrogen (secondary N) is 3. The number of halogens is 1. The van der Waals surface area contributed by atoms with Crippen LogP contribution in [0.4, 0.5) is 9.18 Å². The van der Waals surface area contributed by atoms with E-state index in [1.165, 1.54) is 12.1 Å². The fourth-order valence-corrected chi connectivity index (χ4v) is 3.49. The van der Waals surface area contributed by atoms with Crippen molar-refractivity contribution in [2.45, 2.75) is 32.4 Å². The quantitative estimate of drug-likeness (QED) is 0.335. The molecule has 1 atom stereocenters. The molecular weight excluding hydrogens is 465 g/mol. The van der Waals surface area contributed by atoms with Gasteiger partial charge in [0, 0.05) is 35.6 Å². The first-order valence-electron chi connectivity index (χ1n) is 11.5. The third-order valence-corrected chi connectivity index (χ3v) is 5.06. The average Bonchev–Trinajstić information content (AvgIpc) is 3.20. The number of hydrogen-bond donors (Lipinski definition) is 4. The van der Waals surface area contributed by atoms with Crippen molar-refractivity contribution >= 4 is 22.9 Å². The minimum Gasteiger partial charge on any atom is -0.444 e. The van der Waals surface area contributed by atoms with Crippen LogP contribution in [-0.2, 0) is 9.47 Å². The van der Waals surface area contributed by atoms with Crippen molar-refractivity contribution in [2.75, 3.05) is 26.3 Å². The molecule has 2 amide bonds. The lowest BCUT2D eigenvalue weighted by molar-refractivity contribution is 0.0494. The zero-order chi connectivity index (χ0) is 26.3. The van der Waals surface area contributed by atoms with Gasteiger partial charge >= 0.3 is 6.09 Å². The maximum Gasteiger partial charge on any atom is 0.407 e. The second kappa shape index (κ2) is 11.7. The van der Waals surface area contributed by atoms with Crippen LogP contribution >= 0.6 is 0 Å². The van der Waals surface area contributed by atoms with Crippen molar-refractivity contribution in [3.05, 3.63) is 59.5 Å². The lowest BCUT2D eigenvalue weighted by atomic mass is 10.00.